The highest BCUT2D eigenvalue weighted by molar-refractivity contribution is 5.79. The lowest BCUT2D eigenvalue weighted by molar-refractivity contribution is 0.461. The molecular formula is C23H30N6O. The molecule has 3 aromatic rings. The molecule has 0 saturated heterocycles. The summed E-state index contributed by atoms with van der Waals surface area (Å²) in [5.74, 6) is 2.16. The monoisotopic (exact) mass is 406 g/mol. The lowest BCUT2D eigenvalue weighted by Gasteiger charge is -2.12. The maximum Gasteiger partial charge on any atom is 0.219 e. The van der Waals surface area contributed by atoms with Crippen LogP contribution in [0, 0.1) is 13.8 Å². The van der Waals surface area contributed by atoms with Crippen LogP contribution in [-0.2, 0) is 13.1 Å². The van der Waals surface area contributed by atoms with E-state index in [-0.39, 0.29) is 0 Å². The Morgan fingerprint density at radius 1 is 1.10 bits per heavy atom. The van der Waals surface area contributed by atoms with Crippen LogP contribution in [0.3, 0.4) is 0 Å². The second-order valence-electron chi connectivity index (χ2n) is 7.10. The molecule has 7 nitrogen and oxygen atoms in total. The van der Waals surface area contributed by atoms with Crippen molar-refractivity contribution in [2.24, 2.45) is 4.99 Å². The Kier molecular flexibility index (Phi) is 7.83. The average Bonchev–Trinajstić information content (AvgIpc) is 3.26. The summed E-state index contributed by atoms with van der Waals surface area (Å²) in [4.78, 5) is 9.01. The normalized spacial score (nSPS) is 11.4. The number of guanidine groups is 1. The molecule has 0 aliphatic carbocycles. The van der Waals surface area contributed by atoms with Gasteiger partial charge in [-0.25, -0.2) is 9.98 Å². The van der Waals surface area contributed by atoms with E-state index in [0.29, 0.717) is 12.4 Å². The van der Waals surface area contributed by atoms with E-state index in [1.165, 1.54) is 11.1 Å². The van der Waals surface area contributed by atoms with Gasteiger partial charge in [0.05, 0.1) is 6.54 Å². The molecule has 30 heavy (non-hydrogen) atoms. The van der Waals surface area contributed by atoms with Gasteiger partial charge >= 0.3 is 0 Å². The highest BCUT2D eigenvalue weighted by atomic mass is 16.5. The van der Waals surface area contributed by atoms with E-state index in [0.717, 1.165) is 43.3 Å². The van der Waals surface area contributed by atoms with E-state index in [1.807, 2.05) is 41.2 Å². The van der Waals surface area contributed by atoms with Crippen molar-refractivity contribution >= 4 is 5.96 Å². The number of ether oxygens (including phenoxy) is 1. The number of aromatic nitrogens is 3. The predicted molar refractivity (Wildman–Crippen MR) is 120 cm³/mol. The number of nitrogens with one attached hydrogen (secondary N) is 2. The van der Waals surface area contributed by atoms with Gasteiger partial charge in [0.15, 0.2) is 5.96 Å². The SMILES string of the molecule is CCNC(=NCc1ccnc(Oc2ccc(C)c(C)c2)c1)NCCCn1cccn1. The van der Waals surface area contributed by atoms with E-state index in [4.69, 9.17) is 4.74 Å². The summed E-state index contributed by atoms with van der Waals surface area (Å²) in [6.07, 6.45) is 6.49. The number of pyridine rings is 1. The van der Waals surface area contributed by atoms with E-state index in [1.54, 1.807) is 12.4 Å². The molecule has 0 spiro atoms. The third-order valence-corrected chi connectivity index (χ3v) is 4.68. The van der Waals surface area contributed by atoms with Crippen molar-refractivity contribution in [1.82, 2.24) is 25.4 Å². The molecule has 2 N–H and O–H groups in total. The summed E-state index contributed by atoms with van der Waals surface area (Å²) in [6, 6.07) is 11.9. The second-order valence-corrected chi connectivity index (χ2v) is 7.10. The van der Waals surface area contributed by atoms with E-state index < -0.39 is 0 Å². The van der Waals surface area contributed by atoms with Crippen molar-refractivity contribution in [1.29, 1.82) is 0 Å². The first kappa shape index (κ1) is 21.4. The van der Waals surface area contributed by atoms with Crippen molar-refractivity contribution in [3.8, 4) is 11.6 Å². The Balaban J connectivity index is 1.55. The number of aryl methyl sites for hydroxylation is 3. The maximum atomic E-state index is 5.92. The molecule has 0 saturated carbocycles. The van der Waals surface area contributed by atoms with Crippen molar-refractivity contribution in [2.45, 2.75) is 40.3 Å². The number of rotatable bonds is 9. The van der Waals surface area contributed by atoms with Gasteiger partial charge in [-0.3, -0.25) is 4.68 Å². The molecular weight excluding hydrogens is 376 g/mol. The molecule has 0 aliphatic heterocycles. The highest BCUT2D eigenvalue weighted by Gasteiger charge is 2.03. The number of benzene rings is 1. The van der Waals surface area contributed by atoms with Gasteiger partial charge in [-0.05, 0) is 68.1 Å². The van der Waals surface area contributed by atoms with Crippen LogP contribution in [0.25, 0.3) is 0 Å². The van der Waals surface area contributed by atoms with Crippen molar-refractivity contribution < 1.29 is 4.74 Å². The number of nitrogens with zero attached hydrogens (tertiary/aromatic N) is 4. The smallest absolute Gasteiger partial charge is 0.219 e. The van der Waals surface area contributed by atoms with Gasteiger partial charge in [-0.1, -0.05) is 6.07 Å². The molecule has 1 aromatic carbocycles. The Morgan fingerprint density at radius 3 is 2.77 bits per heavy atom. The second kappa shape index (κ2) is 11.0. The fraction of sp³-hybridized carbons (Fsp3) is 0.348. The average molecular weight is 407 g/mol. The third kappa shape index (κ3) is 6.62. The predicted octanol–water partition coefficient (Wildman–Crippen LogP) is 3.83. The summed E-state index contributed by atoms with van der Waals surface area (Å²) < 4.78 is 7.86. The minimum atomic E-state index is 0.542. The molecule has 3 rings (SSSR count). The first-order valence-electron chi connectivity index (χ1n) is 10.3. The van der Waals surface area contributed by atoms with Crippen molar-refractivity contribution in [2.75, 3.05) is 13.1 Å². The molecule has 0 unspecified atom stereocenters. The first-order valence-corrected chi connectivity index (χ1v) is 10.3. The maximum absolute atomic E-state index is 5.92. The molecule has 0 aliphatic rings. The zero-order chi connectivity index (χ0) is 21.2. The van der Waals surface area contributed by atoms with Gasteiger partial charge < -0.3 is 15.4 Å². The summed E-state index contributed by atoms with van der Waals surface area (Å²) in [7, 11) is 0. The number of aliphatic imine (C=N–C) groups is 1. The van der Waals surface area contributed by atoms with Crippen LogP contribution in [0.4, 0.5) is 0 Å². The van der Waals surface area contributed by atoms with Crippen LogP contribution < -0.4 is 15.4 Å². The van der Waals surface area contributed by atoms with Crippen LogP contribution >= 0.6 is 0 Å². The Hall–Kier alpha value is -3.35. The van der Waals surface area contributed by atoms with Gasteiger partial charge in [0.2, 0.25) is 5.88 Å². The summed E-state index contributed by atoms with van der Waals surface area (Å²) in [5.41, 5.74) is 3.48. The van der Waals surface area contributed by atoms with Crippen LogP contribution in [0.15, 0.2) is 60.0 Å². The standard InChI is InChI=1S/C23H30N6O/c1-4-24-23(26-10-5-13-29-14-6-11-28-29)27-17-20-9-12-25-22(16-20)30-21-8-7-18(2)19(3)15-21/h6-9,11-12,14-16H,4-5,10,13,17H2,1-3H3,(H2,24,26,27). The minimum Gasteiger partial charge on any atom is -0.439 e. The zero-order valence-corrected chi connectivity index (χ0v) is 17.9. The van der Waals surface area contributed by atoms with Crippen molar-refractivity contribution in [3.05, 3.63) is 71.7 Å². The fourth-order valence-electron chi connectivity index (χ4n) is 2.90. The van der Waals surface area contributed by atoms with E-state index >= 15 is 0 Å². The first-order chi connectivity index (χ1) is 14.6. The minimum absolute atomic E-state index is 0.542. The van der Waals surface area contributed by atoms with E-state index in [2.05, 4.69) is 52.5 Å². The summed E-state index contributed by atoms with van der Waals surface area (Å²) >= 11 is 0. The molecule has 0 fully saturated rings. The van der Waals surface area contributed by atoms with Crippen LogP contribution in [0.5, 0.6) is 11.6 Å². The Labute approximate surface area is 178 Å². The van der Waals surface area contributed by atoms with Crippen LogP contribution in [0.2, 0.25) is 0 Å². The Morgan fingerprint density at radius 2 is 2.00 bits per heavy atom. The van der Waals surface area contributed by atoms with E-state index in [9.17, 15) is 0 Å². The van der Waals surface area contributed by atoms with Crippen LogP contribution in [0.1, 0.15) is 30.0 Å². The Bertz CT molecular complexity index is 952. The van der Waals surface area contributed by atoms with Gasteiger partial charge in [-0.2, -0.15) is 5.10 Å². The van der Waals surface area contributed by atoms with Gasteiger partial charge in [0.25, 0.3) is 0 Å². The summed E-state index contributed by atoms with van der Waals surface area (Å²) in [6.45, 7) is 9.27. The lowest BCUT2D eigenvalue weighted by Crippen LogP contribution is -2.38. The molecule has 0 bridgehead atoms. The van der Waals surface area contributed by atoms with Crippen molar-refractivity contribution in [3.63, 3.8) is 0 Å². The lowest BCUT2D eigenvalue weighted by atomic mass is 10.1. The van der Waals surface area contributed by atoms with Crippen LogP contribution in [-0.4, -0.2) is 33.8 Å². The highest BCUT2D eigenvalue weighted by Crippen LogP contribution is 2.22. The molecule has 0 amide bonds. The zero-order valence-electron chi connectivity index (χ0n) is 17.9. The molecule has 0 atom stereocenters. The molecule has 7 heteroatoms. The summed E-state index contributed by atoms with van der Waals surface area (Å²) in [5, 5.41) is 10.9. The third-order valence-electron chi connectivity index (χ3n) is 4.68. The molecule has 0 radical (unpaired) electrons. The van der Waals surface area contributed by atoms with Gasteiger partial charge in [-0.15, -0.1) is 0 Å². The number of hydrogen-bond acceptors (Lipinski definition) is 4. The van der Waals surface area contributed by atoms with Gasteiger partial charge in [0, 0.05) is 44.3 Å². The van der Waals surface area contributed by atoms with Gasteiger partial charge in [0.1, 0.15) is 5.75 Å². The number of hydrogen-bond donors (Lipinski definition) is 2. The molecule has 2 aromatic heterocycles. The molecule has 158 valence electrons. The fourth-order valence-corrected chi connectivity index (χ4v) is 2.90. The molecule has 2 heterocycles. The topological polar surface area (TPSA) is 76.4 Å². The quantitative estimate of drug-likeness (QED) is 0.321. The largest absolute Gasteiger partial charge is 0.439 e.